The molecule has 1 aliphatic heterocycles. The molecular weight excluding hydrogens is 244 g/mol. The number of hydrogen-bond acceptors (Lipinski definition) is 6. The Labute approximate surface area is 111 Å². The largest absolute Gasteiger partial charge is 0.484 e. The number of nitrogens with zero attached hydrogens (tertiary/aromatic N) is 3. The Morgan fingerprint density at radius 3 is 2.63 bits per heavy atom. The van der Waals surface area contributed by atoms with Gasteiger partial charge in [0.25, 0.3) is 5.89 Å². The van der Waals surface area contributed by atoms with Crippen LogP contribution in [0.25, 0.3) is 0 Å². The van der Waals surface area contributed by atoms with Crippen LogP contribution in [0.15, 0.2) is 28.7 Å². The maximum Gasteiger partial charge on any atom is 0.318 e. The van der Waals surface area contributed by atoms with Gasteiger partial charge < -0.3 is 19.8 Å². The fourth-order valence-corrected chi connectivity index (χ4v) is 2.05. The number of aromatic nitrogens is 2. The lowest BCUT2D eigenvalue weighted by atomic mass is 10.3. The Morgan fingerprint density at radius 1 is 1.16 bits per heavy atom. The summed E-state index contributed by atoms with van der Waals surface area (Å²) >= 11 is 0. The van der Waals surface area contributed by atoms with E-state index in [0.29, 0.717) is 17.6 Å². The van der Waals surface area contributed by atoms with Crippen molar-refractivity contribution in [3.8, 4) is 5.75 Å². The second-order valence-corrected chi connectivity index (χ2v) is 4.53. The van der Waals surface area contributed by atoms with Crippen molar-refractivity contribution in [2.24, 2.45) is 0 Å². The second kappa shape index (κ2) is 5.17. The molecule has 1 saturated heterocycles. The van der Waals surface area contributed by atoms with Gasteiger partial charge >= 0.3 is 6.01 Å². The fraction of sp³-hybridized carbons (Fsp3) is 0.385. The summed E-state index contributed by atoms with van der Waals surface area (Å²) < 4.78 is 11.1. The van der Waals surface area contributed by atoms with Crippen molar-refractivity contribution in [1.29, 1.82) is 0 Å². The van der Waals surface area contributed by atoms with E-state index in [-0.39, 0.29) is 6.61 Å². The zero-order chi connectivity index (χ0) is 13.1. The summed E-state index contributed by atoms with van der Waals surface area (Å²) in [5, 5.41) is 8.02. The maximum atomic E-state index is 5.61. The molecule has 0 bridgehead atoms. The van der Waals surface area contributed by atoms with Gasteiger partial charge in [-0.2, -0.15) is 0 Å². The lowest BCUT2D eigenvalue weighted by molar-refractivity contribution is 0.264. The molecule has 6 nitrogen and oxygen atoms in total. The standard InChI is InChI=1S/C13H16N4O2/c14-10-3-5-11(6-4-10)18-9-12-15-16-13(19-12)17-7-1-2-8-17/h3-6H,1-2,7-9,14H2. The molecule has 0 amide bonds. The Morgan fingerprint density at radius 2 is 1.89 bits per heavy atom. The molecule has 6 heteroatoms. The summed E-state index contributed by atoms with van der Waals surface area (Å²) in [6.07, 6.45) is 2.36. The molecule has 1 aromatic heterocycles. The van der Waals surface area contributed by atoms with E-state index >= 15 is 0 Å². The molecule has 1 fully saturated rings. The summed E-state index contributed by atoms with van der Waals surface area (Å²) in [5.74, 6) is 1.22. The monoisotopic (exact) mass is 260 g/mol. The predicted octanol–water partition coefficient (Wildman–Crippen LogP) is 1.83. The number of nitrogen functional groups attached to an aromatic ring is 1. The van der Waals surface area contributed by atoms with Gasteiger partial charge in [0.05, 0.1) is 0 Å². The molecule has 2 aromatic rings. The number of rotatable bonds is 4. The molecule has 2 heterocycles. The molecule has 0 spiro atoms. The van der Waals surface area contributed by atoms with Crippen molar-refractivity contribution < 1.29 is 9.15 Å². The van der Waals surface area contributed by atoms with Gasteiger partial charge in [0.1, 0.15) is 5.75 Å². The first-order valence-corrected chi connectivity index (χ1v) is 6.37. The van der Waals surface area contributed by atoms with Crippen LogP contribution in [-0.4, -0.2) is 23.3 Å². The minimum Gasteiger partial charge on any atom is -0.484 e. The minimum atomic E-state index is 0.269. The number of hydrogen-bond donors (Lipinski definition) is 1. The van der Waals surface area contributed by atoms with Gasteiger partial charge in [0.2, 0.25) is 0 Å². The van der Waals surface area contributed by atoms with Crippen molar-refractivity contribution in [2.75, 3.05) is 23.7 Å². The number of benzene rings is 1. The molecule has 0 saturated carbocycles. The first-order chi connectivity index (χ1) is 9.31. The SMILES string of the molecule is Nc1ccc(OCc2nnc(N3CCCC3)o2)cc1. The molecule has 0 unspecified atom stereocenters. The molecule has 1 aliphatic rings. The number of ether oxygens (including phenoxy) is 1. The minimum absolute atomic E-state index is 0.269. The highest BCUT2D eigenvalue weighted by Crippen LogP contribution is 2.19. The quantitative estimate of drug-likeness (QED) is 0.845. The van der Waals surface area contributed by atoms with Crippen LogP contribution in [0, 0.1) is 0 Å². The molecule has 19 heavy (non-hydrogen) atoms. The summed E-state index contributed by atoms with van der Waals surface area (Å²) in [6.45, 7) is 2.24. The van der Waals surface area contributed by atoms with Crippen molar-refractivity contribution >= 4 is 11.7 Å². The van der Waals surface area contributed by atoms with Crippen LogP contribution in [0.4, 0.5) is 11.7 Å². The lowest BCUT2D eigenvalue weighted by Crippen LogP contribution is -2.17. The first-order valence-electron chi connectivity index (χ1n) is 6.37. The second-order valence-electron chi connectivity index (χ2n) is 4.53. The molecule has 0 atom stereocenters. The average molecular weight is 260 g/mol. The van der Waals surface area contributed by atoms with Gasteiger partial charge in [-0.05, 0) is 37.1 Å². The highest BCUT2D eigenvalue weighted by molar-refractivity contribution is 5.41. The van der Waals surface area contributed by atoms with Crippen LogP contribution in [-0.2, 0) is 6.61 Å². The third kappa shape index (κ3) is 2.78. The zero-order valence-corrected chi connectivity index (χ0v) is 10.6. The lowest BCUT2D eigenvalue weighted by Gasteiger charge is -2.09. The molecule has 3 rings (SSSR count). The third-order valence-corrected chi connectivity index (χ3v) is 3.08. The molecule has 0 aliphatic carbocycles. The van der Waals surface area contributed by atoms with Crippen LogP contribution >= 0.6 is 0 Å². The van der Waals surface area contributed by atoms with E-state index < -0.39 is 0 Å². The van der Waals surface area contributed by atoms with E-state index in [4.69, 9.17) is 14.9 Å². The Balaban J connectivity index is 1.59. The van der Waals surface area contributed by atoms with Gasteiger partial charge in [-0.1, -0.05) is 5.10 Å². The van der Waals surface area contributed by atoms with Crippen LogP contribution in [0.5, 0.6) is 5.75 Å². The van der Waals surface area contributed by atoms with E-state index in [0.717, 1.165) is 18.8 Å². The average Bonchev–Trinajstić information content (AvgIpc) is 3.09. The summed E-state index contributed by atoms with van der Waals surface area (Å²) in [7, 11) is 0. The Hall–Kier alpha value is -2.24. The molecule has 1 aromatic carbocycles. The fourth-order valence-electron chi connectivity index (χ4n) is 2.05. The summed E-state index contributed by atoms with van der Waals surface area (Å²) in [4.78, 5) is 2.10. The Kier molecular flexibility index (Phi) is 3.22. The van der Waals surface area contributed by atoms with Crippen LogP contribution in [0.3, 0.4) is 0 Å². The number of nitrogens with two attached hydrogens (primary N) is 1. The third-order valence-electron chi connectivity index (χ3n) is 3.08. The highest BCUT2D eigenvalue weighted by atomic mass is 16.5. The van der Waals surface area contributed by atoms with Crippen molar-refractivity contribution in [2.45, 2.75) is 19.4 Å². The van der Waals surface area contributed by atoms with Gasteiger partial charge in [-0.3, -0.25) is 0 Å². The Bertz CT molecular complexity index is 532. The van der Waals surface area contributed by atoms with E-state index in [2.05, 4.69) is 15.1 Å². The smallest absolute Gasteiger partial charge is 0.318 e. The van der Waals surface area contributed by atoms with Gasteiger partial charge in [0.15, 0.2) is 6.61 Å². The van der Waals surface area contributed by atoms with Crippen molar-refractivity contribution in [3.63, 3.8) is 0 Å². The molecule has 100 valence electrons. The van der Waals surface area contributed by atoms with E-state index in [1.165, 1.54) is 12.8 Å². The summed E-state index contributed by atoms with van der Waals surface area (Å²) in [6, 6.07) is 7.80. The van der Waals surface area contributed by atoms with Gasteiger partial charge in [-0.15, -0.1) is 5.10 Å². The van der Waals surface area contributed by atoms with E-state index in [1.807, 2.05) is 12.1 Å². The highest BCUT2D eigenvalue weighted by Gasteiger charge is 2.18. The predicted molar refractivity (Wildman–Crippen MR) is 70.9 cm³/mol. The van der Waals surface area contributed by atoms with Gasteiger partial charge in [0, 0.05) is 18.8 Å². The van der Waals surface area contributed by atoms with Crippen molar-refractivity contribution in [3.05, 3.63) is 30.2 Å². The molecule has 2 N–H and O–H groups in total. The van der Waals surface area contributed by atoms with E-state index in [9.17, 15) is 0 Å². The summed E-state index contributed by atoms with van der Waals surface area (Å²) in [5.41, 5.74) is 6.31. The topological polar surface area (TPSA) is 77.4 Å². The number of anilines is 2. The zero-order valence-electron chi connectivity index (χ0n) is 10.6. The van der Waals surface area contributed by atoms with Crippen molar-refractivity contribution in [1.82, 2.24) is 10.2 Å². The van der Waals surface area contributed by atoms with E-state index in [1.54, 1.807) is 12.1 Å². The van der Waals surface area contributed by atoms with Crippen LogP contribution in [0.1, 0.15) is 18.7 Å². The molecular formula is C13H16N4O2. The van der Waals surface area contributed by atoms with Crippen LogP contribution in [0.2, 0.25) is 0 Å². The van der Waals surface area contributed by atoms with Gasteiger partial charge in [-0.25, -0.2) is 0 Å². The maximum absolute atomic E-state index is 5.61. The normalized spacial score (nSPS) is 14.8. The van der Waals surface area contributed by atoms with Crippen LogP contribution < -0.4 is 15.4 Å². The molecule has 0 radical (unpaired) electrons. The first kappa shape index (κ1) is 11.8.